The van der Waals surface area contributed by atoms with E-state index in [-0.39, 0.29) is 5.91 Å². The molecule has 2 fully saturated rings. The minimum Gasteiger partial charge on any atom is -0.368 e. The van der Waals surface area contributed by atoms with Crippen molar-refractivity contribution in [3.63, 3.8) is 0 Å². The molecule has 1 saturated heterocycles. The first-order valence-corrected chi connectivity index (χ1v) is 12.4. The van der Waals surface area contributed by atoms with Crippen molar-refractivity contribution in [1.29, 1.82) is 5.26 Å². The first-order chi connectivity index (χ1) is 17.6. The summed E-state index contributed by atoms with van der Waals surface area (Å²) in [5, 5.41) is 18.8. The van der Waals surface area contributed by atoms with Crippen LogP contribution < -0.4 is 4.90 Å². The summed E-state index contributed by atoms with van der Waals surface area (Å²) in [6.45, 7) is 6.52. The number of fused-ring (bicyclic) bond motifs is 1. The van der Waals surface area contributed by atoms with Gasteiger partial charge < -0.3 is 9.80 Å². The highest BCUT2D eigenvalue weighted by Crippen LogP contribution is 2.35. The molecule has 0 spiro atoms. The molecular formula is C28H27N7O. The van der Waals surface area contributed by atoms with Gasteiger partial charge in [0.25, 0.3) is 0 Å². The smallest absolute Gasteiger partial charge is 0.246 e. The number of amides is 1. The number of rotatable bonds is 5. The summed E-state index contributed by atoms with van der Waals surface area (Å²) in [6, 6.07) is 13.3. The molecule has 1 aromatic carbocycles. The number of carbonyl (C=O) groups is 1. The van der Waals surface area contributed by atoms with Gasteiger partial charge in [0.2, 0.25) is 5.91 Å². The molecule has 1 amide bonds. The Bertz CT molecular complexity index is 1480. The Kier molecular flexibility index (Phi) is 5.53. The number of aromatic nitrogens is 4. The van der Waals surface area contributed by atoms with Crippen molar-refractivity contribution in [1.82, 2.24) is 24.3 Å². The fraction of sp³-hybridized carbons (Fsp3) is 0.286. The van der Waals surface area contributed by atoms with E-state index in [9.17, 15) is 10.1 Å². The Labute approximate surface area is 209 Å². The fourth-order valence-electron chi connectivity index (χ4n) is 5.09. The molecule has 0 N–H and O–H groups in total. The topological polar surface area (TPSA) is 82.5 Å². The SMILES string of the molecule is C=CC(=O)N1CCN(c2ccc(-c3cc(-c4cnn(C5CCC5)c4)cn4ncc(C#N)c34)cc2)CC1. The zero-order chi connectivity index (χ0) is 24.6. The number of carbonyl (C=O) groups excluding carboxylic acids is 1. The summed E-state index contributed by atoms with van der Waals surface area (Å²) >= 11 is 0. The van der Waals surface area contributed by atoms with Crippen LogP contribution in [0.2, 0.25) is 0 Å². The van der Waals surface area contributed by atoms with Crippen molar-refractivity contribution < 1.29 is 4.79 Å². The standard InChI is InChI=1S/C28H27N7O/c1-2-27(36)33-12-10-32(11-13-33)24-8-6-20(7-9-24)26-14-21(18-35-28(26)22(15-29)16-31-35)23-17-30-34(19-23)25-4-3-5-25/h2,6-9,14,16-19,25H,1,3-5,10-13H2. The lowest BCUT2D eigenvalue weighted by atomic mass is 9.93. The maximum Gasteiger partial charge on any atom is 0.246 e. The maximum atomic E-state index is 11.9. The van der Waals surface area contributed by atoms with Gasteiger partial charge in [0.1, 0.15) is 6.07 Å². The lowest BCUT2D eigenvalue weighted by molar-refractivity contribution is -0.126. The van der Waals surface area contributed by atoms with E-state index >= 15 is 0 Å². The molecule has 4 aromatic rings. The maximum absolute atomic E-state index is 11.9. The van der Waals surface area contributed by atoms with Gasteiger partial charge in [-0.1, -0.05) is 18.7 Å². The number of nitriles is 1. The normalized spacial score (nSPS) is 16.1. The minimum atomic E-state index is -0.0127. The number of benzene rings is 1. The Balaban J connectivity index is 1.32. The summed E-state index contributed by atoms with van der Waals surface area (Å²) < 4.78 is 3.87. The van der Waals surface area contributed by atoms with Gasteiger partial charge in [-0.25, -0.2) is 4.52 Å². The van der Waals surface area contributed by atoms with Gasteiger partial charge in [0.05, 0.1) is 29.5 Å². The lowest BCUT2D eigenvalue weighted by Crippen LogP contribution is -2.48. The highest BCUT2D eigenvalue weighted by atomic mass is 16.2. The molecule has 0 unspecified atom stereocenters. The van der Waals surface area contributed by atoms with Crippen molar-refractivity contribution >= 4 is 17.1 Å². The average molecular weight is 478 g/mol. The molecule has 2 aliphatic rings. The van der Waals surface area contributed by atoms with Gasteiger partial charge >= 0.3 is 0 Å². The Morgan fingerprint density at radius 1 is 1.00 bits per heavy atom. The van der Waals surface area contributed by atoms with Crippen molar-refractivity contribution in [3.05, 3.63) is 73.3 Å². The van der Waals surface area contributed by atoms with Gasteiger partial charge in [-0.2, -0.15) is 15.5 Å². The number of hydrogen-bond donors (Lipinski definition) is 0. The molecule has 3 aromatic heterocycles. The molecule has 1 aliphatic heterocycles. The third-order valence-corrected chi connectivity index (χ3v) is 7.43. The summed E-state index contributed by atoms with van der Waals surface area (Å²) in [5.74, 6) is -0.0127. The quantitative estimate of drug-likeness (QED) is 0.401. The average Bonchev–Trinajstić information content (AvgIpc) is 3.54. The lowest BCUT2D eigenvalue weighted by Gasteiger charge is -2.35. The number of anilines is 1. The van der Waals surface area contributed by atoms with Crippen LogP contribution in [0.4, 0.5) is 5.69 Å². The Hall–Kier alpha value is -4.38. The van der Waals surface area contributed by atoms with E-state index in [2.05, 4.69) is 69.0 Å². The largest absolute Gasteiger partial charge is 0.368 e. The Morgan fingerprint density at radius 2 is 1.78 bits per heavy atom. The van der Waals surface area contributed by atoms with Crippen molar-refractivity contribution in [2.45, 2.75) is 25.3 Å². The van der Waals surface area contributed by atoms with Crippen LogP contribution in [0.25, 0.3) is 27.8 Å². The van der Waals surface area contributed by atoms with Crippen LogP contribution in [-0.4, -0.2) is 56.4 Å². The molecule has 0 atom stereocenters. The van der Waals surface area contributed by atoms with E-state index in [4.69, 9.17) is 0 Å². The van der Waals surface area contributed by atoms with Gasteiger partial charge in [-0.3, -0.25) is 9.48 Å². The second-order valence-corrected chi connectivity index (χ2v) is 9.46. The first kappa shape index (κ1) is 22.1. The zero-order valence-corrected chi connectivity index (χ0v) is 20.0. The number of piperazine rings is 1. The summed E-state index contributed by atoms with van der Waals surface area (Å²) in [7, 11) is 0. The third kappa shape index (κ3) is 3.83. The van der Waals surface area contributed by atoms with Gasteiger partial charge in [0.15, 0.2) is 0 Å². The van der Waals surface area contributed by atoms with Crippen LogP contribution in [-0.2, 0) is 4.79 Å². The van der Waals surface area contributed by atoms with Crippen LogP contribution in [0, 0.1) is 11.3 Å². The van der Waals surface area contributed by atoms with Crippen LogP contribution in [0.1, 0.15) is 30.9 Å². The first-order valence-electron chi connectivity index (χ1n) is 12.4. The van der Waals surface area contributed by atoms with E-state index in [1.54, 1.807) is 10.7 Å². The number of hydrogen-bond acceptors (Lipinski definition) is 5. The molecule has 8 heteroatoms. The van der Waals surface area contributed by atoms with E-state index < -0.39 is 0 Å². The van der Waals surface area contributed by atoms with Crippen molar-refractivity contribution in [2.75, 3.05) is 31.1 Å². The van der Waals surface area contributed by atoms with Gasteiger partial charge in [-0.05, 0) is 49.1 Å². The molecule has 0 bridgehead atoms. The molecule has 8 nitrogen and oxygen atoms in total. The second kappa shape index (κ2) is 9.00. The minimum absolute atomic E-state index is 0.0127. The third-order valence-electron chi connectivity index (χ3n) is 7.43. The van der Waals surface area contributed by atoms with Crippen LogP contribution in [0.15, 0.2) is 67.8 Å². The van der Waals surface area contributed by atoms with Gasteiger partial charge in [-0.15, -0.1) is 0 Å². The summed E-state index contributed by atoms with van der Waals surface area (Å²) in [6.07, 6.45) is 12.6. The second-order valence-electron chi connectivity index (χ2n) is 9.46. The highest BCUT2D eigenvalue weighted by Gasteiger charge is 2.22. The molecule has 1 aliphatic carbocycles. The van der Waals surface area contributed by atoms with E-state index in [1.165, 1.54) is 25.3 Å². The highest BCUT2D eigenvalue weighted by molar-refractivity contribution is 5.88. The summed E-state index contributed by atoms with van der Waals surface area (Å²) in [5.41, 5.74) is 6.52. The van der Waals surface area contributed by atoms with Crippen LogP contribution >= 0.6 is 0 Å². The van der Waals surface area contributed by atoms with Crippen LogP contribution in [0.5, 0.6) is 0 Å². The molecule has 36 heavy (non-hydrogen) atoms. The molecule has 4 heterocycles. The predicted octanol–water partition coefficient (Wildman–Crippen LogP) is 4.30. The molecular weight excluding hydrogens is 450 g/mol. The van der Waals surface area contributed by atoms with E-state index in [0.29, 0.717) is 24.7 Å². The van der Waals surface area contributed by atoms with Crippen molar-refractivity contribution in [3.8, 4) is 28.3 Å². The monoisotopic (exact) mass is 477 g/mol. The summed E-state index contributed by atoms with van der Waals surface area (Å²) in [4.78, 5) is 16.0. The predicted molar refractivity (Wildman–Crippen MR) is 138 cm³/mol. The molecule has 180 valence electrons. The fourth-order valence-corrected chi connectivity index (χ4v) is 5.09. The van der Waals surface area contributed by atoms with Crippen molar-refractivity contribution in [2.24, 2.45) is 0 Å². The number of nitrogens with zero attached hydrogens (tertiary/aromatic N) is 7. The van der Waals surface area contributed by atoms with Gasteiger partial charge in [0, 0.05) is 61.0 Å². The van der Waals surface area contributed by atoms with E-state index in [0.717, 1.165) is 46.5 Å². The van der Waals surface area contributed by atoms with E-state index in [1.807, 2.05) is 17.3 Å². The Morgan fingerprint density at radius 3 is 2.44 bits per heavy atom. The number of pyridine rings is 1. The molecule has 1 saturated carbocycles. The molecule has 6 rings (SSSR count). The zero-order valence-electron chi connectivity index (χ0n) is 20.0. The molecule has 0 radical (unpaired) electrons. The van der Waals surface area contributed by atoms with Crippen LogP contribution in [0.3, 0.4) is 0 Å².